The molecule has 0 N–H and O–H groups in total. The molecule has 0 amide bonds. The molecule has 0 aromatic heterocycles. The molecule has 0 atom stereocenters. The van der Waals surface area contributed by atoms with Crippen LogP contribution in [-0.2, 0) is 19.0 Å². The lowest BCUT2D eigenvalue weighted by atomic mass is 10.2. The van der Waals surface area contributed by atoms with Gasteiger partial charge in [-0.05, 0) is 19.3 Å². The van der Waals surface area contributed by atoms with Crippen molar-refractivity contribution >= 4 is 18.6 Å². The van der Waals surface area contributed by atoms with E-state index in [9.17, 15) is 4.79 Å². The predicted octanol–water partition coefficient (Wildman–Crippen LogP) is 2.07. The summed E-state index contributed by atoms with van der Waals surface area (Å²) in [6, 6.07) is 0. The number of esters is 1. The van der Waals surface area contributed by atoms with Crippen molar-refractivity contribution in [2.75, 3.05) is 38.8 Å². The van der Waals surface area contributed by atoms with Gasteiger partial charge in [-0.15, -0.1) is 0 Å². The maximum atomic E-state index is 11.1. The zero-order chi connectivity index (χ0) is 12.8. The predicted molar refractivity (Wildman–Crippen MR) is 70.6 cm³/mol. The van der Waals surface area contributed by atoms with Crippen LogP contribution in [-0.4, -0.2) is 44.8 Å². The van der Waals surface area contributed by atoms with Crippen LogP contribution >= 0.6 is 12.6 Å². The highest BCUT2D eigenvalue weighted by molar-refractivity contribution is 7.80. The average Bonchev–Trinajstić information content (AvgIpc) is 2.34. The lowest BCUT2D eigenvalue weighted by molar-refractivity contribution is -0.143. The van der Waals surface area contributed by atoms with E-state index < -0.39 is 0 Å². The molecule has 102 valence electrons. The first kappa shape index (κ1) is 16.7. The van der Waals surface area contributed by atoms with Gasteiger partial charge in [0.15, 0.2) is 0 Å². The van der Waals surface area contributed by atoms with Gasteiger partial charge in [-0.25, -0.2) is 0 Å². The molecule has 0 aliphatic rings. The van der Waals surface area contributed by atoms with Gasteiger partial charge in [-0.2, -0.15) is 12.6 Å². The van der Waals surface area contributed by atoms with Crippen molar-refractivity contribution in [2.24, 2.45) is 0 Å². The molecule has 4 nitrogen and oxygen atoms in total. The van der Waals surface area contributed by atoms with E-state index in [0.717, 1.165) is 25.0 Å². The Morgan fingerprint density at radius 1 is 1.00 bits per heavy atom. The standard InChI is InChI=1S/C12H24O4S/c1-2-6-16-12(13)5-3-4-7-14-8-9-15-10-11-17/h17H,2-11H2,1H3. The van der Waals surface area contributed by atoms with Gasteiger partial charge < -0.3 is 14.2 Å². The molecule has 0 unspecified atom stereocenters. The molecule has 17 heavy (non-hydrogen) atoms. The lowest BCUT2D eigenvalue weighted by Gasteiger charge is -2.05. The fraction of sp³-hybridized carbons (Fsp3) is 0.917. The topological polar surface area (TPSA) is 44.8 Å². The fourth-order valence-electron chi connectivity index (χ4n) is 1.15. The van der Waals surface area contributed by atoms with E-state index in [-0.39, 0.29) is 5.97 Å². The van der Waals surface area contributed by atoms with Gasteiger partial charge in [0, 0.05) is 18.8 Å². The van der Waals surface area contributed by atoms with E-state index >= 15 is 0 Å². The summed E-state index contributed by atoms with van der Waals surface area (Å²) in [5.41, 5.74) is 0. The summed E-state index contributed by atoms with van der Waals surface area (Å²) >= 11 is 4.03. The summed E-state index contributed by atoms with van der Waals surface area (Å²) in [6.45, 7) is 5.06. The number of unbranched alkanes of at least 4 members (excludes halogenated alkanes) is 1. The SMILES string of the molecule is CCCOC(=O)CCCCOCCOCCS. The van der Waals surface area contributed by atoms with Crippen molar-refractivity contribution in [1.29, 1.82) is 0 Å². The molecule has 0 bridgehead atoms. The van der Waals surface area contributed by atoms with E-state index in [0.29, 0.717) is 39.5 Å². The minimum absolute atomic E-state index is 0.107. The summed E-state index contributed by atoms with van der Waals surface area (Å²) in [6.07, 6.45) is 3.06. The monoisotopic (exact) mass is 264 g/mol. The second-order valence-electron chi connectivity index (χ2n) is 3.63. The maximum Gasteiger partial charge on any atom is 0.305 e. The number of thiol groups is 1. The first-order chi connectivity index (χ1) is 8.31. The Morgan fingerprint density at radius 3 is 2.35 bits per heavy atom. The van der Waals surface area contributed by atoms with Crippen molar-refractivity contribution in [3.8, 4) is 0 Å². The molecule has 0 aliphatic carbocycles. The Kier molecular flexibility index (Phi) is 13.6. The summed E-state index contributed by atoms with van der Waals surface area (Å²) in [5.74, 6) is 0.629. The zero-order valence-corrected chi connectivity index (χ0v) is 11.5. The van der Waals surface area contributed by atoms with Crippen LogP contribution in [0.3, 0.4) is 0 Å². The Bertz CT molecular complexity index is 176. The smallest absolute Gasteiger partial charge is 0.305 e. The molecule has 0 aromatic carbocycles. The van der Waals surface area contributed by atoms with Crippen LogP contribution in [0.1, 0.15) is 32.6 Å². The van der Waals surface area contributed by atoms with Gasteiger partial charge in [0.2, 0.25) is 0 Å². The first-order valence-electron chi connectivity index (χ1n) is 6.23. The van der Waals surface area contributed by atoms with Crippen LogP contribution < -0.4 is 0 Å². The number of carbonyl (C=O) groups excluding carboxylic acids is 1. The number of rotatable bonds is 12. The highest BCUT2D eigenvalue weighted by Crippen LogP contribution is 1.98. The van der Waals surface area contributed by atoms with E-state index in [1.165, 1.54) is 0 Å². The average molecular weight is 264 g/mol. The van der Waals surface area contributed by atoms with Gasteiger partial charge in [-0.1, -0.05) is 6.92 Å². The fourth-order valence-corrected chi connectivity index (χ4v) is 1.28. The first-order valence-corrected chi connectivity index (χ1v) is 6.86. The Balaban J connectivity index is 3.05. The molecular weight excluding hydrogens is 240 g/mol. The Morgan fingerprint density at radius 2 is 1.71 bits per heavy atom. The molecule has 0 spiro atoms. The van der Waals surface area contributed by atoms with Gasteiger partial charge in [-0.3, -0.25) is 4.79 Å². The van der Waals surface area contributed by atoms with Gasteiger partial charge in [0.25, 0.3) is 0 Å². The summed E-state index contributed by atoms with van der Waals surface area (Å²) in [4.78, 5) is 11.1. The third-order valence-electron chi connectivity index (χ3n) is 1.99. The largest absolute Gasteiger partial charge is 0.466 e. The van der Waals surface area contributed by atoms with Crippen molar-refractivity contribution in [3.63, 3.8) is 0 Å². The van der Waals surface area contributed by atoms with Gasteiger partial charge in [0.05, 0.1) is 26.4 Å². The highest BCUT2D eigenvalue weighted by atomic mass is 32.1. The lowest BCUT2D eigenvalue weighted by Crippen LogP contribution is -2.08. The molecule has 0 aliphatic heterocycles. The second-order valence-corrected chi connectivity index (χ2v) is 4.07. The number of hydrogen-bond acceptors (Lipinski definition) is 5. The van der Waals surface area contributed by atoms with Crippen LogP contribution in [0.25, 0.3) is 0 Å². The summed E-state index contributed by atoms with van der Waals surface area (Å²) in [7, 11) is 0. The summed E-state index contributed by atoms with van der Waals surface area (Å²) in [5, 5.41) is 0. The molecule has 0 aromatic rings. The third kappa shape index (κ3) is 13.7. The van der Waals surface area contributed by atoms with Crippen LogP contribution in [0.4, 0.5) is 0 Å². The van der Waals surface area contributed by atoms with E-state index in [1.54, 1.807) is 0 Å². The Hall–Kier alpha value is -0.260. The van der Waals surface area contributed by atoms with Crippen LogP contribution in [0.5, 0.6) is 0 Å². The molecule has 0 heterocycles. The third-order valence-corrected chi connectivity index (χ3v) is 2.18. The van der Waals surface area contributed by atoms with Crippen molar-refractivity contribution in [1.82, 2.24) is 0 Å². The van der Waals surface area contributed by atoms with E-state index in [1.807, 2.05) is 6.92 Å². The zero-order valence-electron chi connectivity index (χ0n) is 10.7. The minimum Gasteiger partial charge on any atom is -0.466 e. The normalized spacial score (nSPS) is 10.5. The number of hydrogen-bond donors (Lipinski definition) is 1. The molecule has 0 saturated heterocycles. The highest BCUT2D eigenvalue weighted by Gasteiger charge is 2.01. The minimum atomic E-state index is -0.107. The molecule has 5 heteroatoms. The van der Waals surface area contributed by atoms with Gasteiger partial charge >= 0.3 is 5.97 Å². The Labute approximate surface area is 109 Å². The quantitative estimate of drug-likeness (QED) is 0.333. The van der Waals surface area contributed by atoms with Crippen LogP contribution in [0, 0.1) is 0 Å². The molecule has 0 fully saturated rings. The molecular formula is C12H24O4S. The maximum absolute atomic E-state index is 11.1. The van der Waals surface area contributed by atoms with Gasteiger partial charge in [0.1, 0.15) is 0 Å². The van der Waals surface area contributed by atoms with Crippen molar-refractivity contribution < 1.29 is 19.0 Å². The number of ether oxygens (including phenoxy) is 3. The number of carbonyl (C=O) groups is 1. The van der Waals surface area contributed by atoms with Crippen molar-refractivity contribution in [2.45, 2.75) is 32.6 Å². The molecule has 0 radical (unpaired) electrons. The summed E-state index contributed by atoms with van der Waals surface area (Å²) < 4.78 is 15.5. The van der Waals surface area contributed by atoms with Crippen LogP contribution in [0.15, 0.2) is 0 Å². The van der Waals surface area contributed by atoms with E-state index in [2.05, 4.69) is 12.6 Å². The van der Waals surface area contributed by atoms with E-state index in [4.69, 9.17) is 14.2 Å². The van der Waals surface area contributed by atoms with Crippen molar-refractivity contribution in [3.05, 3.63) is 0 Å². The molecule has 0 rings (SSSR count). The second kappa shape index (κ2) is 13.8. The molecule has 0 saturated carbocycles. The van der Waals surface area contributed by atoms with Crippen LogP contribution in [0.2, 0.25) is 0 Å².